The van der Waals surface area contributed by atoms with Gasteiger partial charge in [-0.05, 0) is 16.0 Å². The van der Waals surface area contributed by atoms with Gasteiger partial charge in [0.05, 0.1) is 15.8 Å². The van der Waals surface area contributed by atoms with E-state index >= 15 is 0 Å². The molecule has 33 heavy (non-hydrogen) atoms. The van der Waals surface area contributed by atoms with Crippen molar-refractivity contribution < 1.29 is 29.0 Å². The van der Waals surface area contributed by atoms with Gasteiger partial charge in [-0.2, -0.15) is 0 Å². The van der Waals surface area contributed by atoms with Crippen LogP contribution in [-0.4, -0.2) is 83.1 Å². The van der Waals surface area contributed by atoms with Crippen LogP contribution in [0.4, 0.5) is 0 Å². The molecule has 1 aromatic rings. The van der Waals surface area contributed by atoms with E-state index in [1.807, 2.05) is 0 Å². The Balaban J connectivity index is 1.39. The predicted octanol–water partition coefficient (Wildman–Crippen LogP) is -2.19. The van der Waals surface area contributed by atoms with Crippen molar-refractivity contribution >= 4 is 70.7 Å². The number of β-lactam (4-membered cyclic amide) rings is 1. The summed E-state index contributed by atoms with van der Waals surface area (Å²) in [6.07, 6.45) is 1.75. The highest BCUT2D eigenvalue weighted by atomic mass is 32.3. The van der Waals surface area contributed by atoms with Crippen molar-refractivity contribution in [2.24, 2.45) is 12.8 Å². The number of tetrazole rings is 1. The molecular weight excluding hydrogens is 514 g/mol. The van der Waals surface area contributed by atoms with Gasteiger partial charge in [-0.25, -0.2) is 4.68 Å². The standard InChI is InChI=1S/C16H17N7O6S4/c1-22-15(19-20-21-22)31-5-6-3-23-13(28)16(29-2,14(23)30-4-6)18-9(25)12-32-11(33-12)7(8(17)24)10(26)27/h3,12,14H,4-5H2,1-2H3,(H2,17,24)(H,18,25)(H,26,27)/p-1. The Morgan fingerprint density at radius 3 is 2.73 bits per heavy atom. The van der Waals surface area contributed by atoms with Crippen LogP contribution in [0.5, 0.6) is 0 Å². The summed E-state index contributed by atoms with van der Waals surface area (Å²) < 4.78 is 6.33. The van der Waals surface area contributed by atoms with E-state index in [0.717, 1.165) is 29.1 Å². The number of primary amides is 1. The lowest BCUT2D eigenvalue weighted by molar-refractivity contribution is -0.298. The quantitative estimate of drug-likeness (QED) is 0.0923. The van der Waals surface area contributed by atoms with Crippen LogP contribution >= 0.6 is 47.0 Å². The highest BCUT2D eigenvalue weighted by molar-refractivity contribution is 8.39. The summed E-state index contributed by atoms with van der Waals surface area (Å²) in [7, 11) is 3.07. The number of methoxy groups -OCH3 is 1. The molecule has 4 heterocycles. The molecule has 0 radical (unpaired) electrons. The molecule has 0 aromatic carbocycles. The molecule has 176 valence electrons. The van der Waals surface area contributed by atoms with Gasteiger partial charge in [0, 0.05) is 31.9 Å². The summed E-state index contributed by atoms with van der Waals surface area (Å²) in [5.74, 6) is -2.60. The minimum absolute atomic E-state index is 0.0888. The largest absolute Gasteiger partial charge is 0.545 e. The molecule has 3 amide bonds. The van der Waals surface area contributed by atoms with Gasteiger partial charge in [-0.3, -0.25) is 19.3 Å². The molecule has 3 aliphatic heterocycles. The number of carboxylic acids is 1. The number of nitrogens with one attached hydrogen (secondary N) is 1. The van der Waals surface area contributed by atoms with Crippen LogP contribution in [0.2, 0.25) is 0 Å². The third-order valence-corrected chi connectivity index (χ3v) is 10.2. The van der Waals surface area contributed by atoms with Crippen molar-refractivity contribution in [3.8, 4) is 0 Å². The van der Waals surface area contributed by atoms with Crippen LogP contribution in [0, 0.1) is 0 Å². The number of carbonyl (C=O) groups excluding carboxylic acids is 4. The van der Waals surface area contributed by atoms with E-state index in [9.17, 15) is 24.3 Å². The molecule has 1 aromatic heterocycles. The lowest BCUT2D eigenvalue weighted by Gasteiger charge is -2.54. The minimum atomic E-state index is -1.70. The van der Waals surface area contributed by atoms with Crippen LogP contribution in [0.15, 0.2) is 26.7 Å². The Morgan fingerprint density at radius 1 is 1.42 bits per heavy atom. The number of aliphatic carboxylic acids is 1. The molecule has 2 atom stereocenters. The normalized spacial score (nSPS) is 26.0. The van der Waals surface area contributed by atoms with Crippen molar-refractivity contribution in [3.05, 3.63) is 21.6 Å². The lowest BCUT2D eigenvalue weighted by Crippen LogP contribution is -2.79. The molecule has 3 aliphatic rings. The first kappa shape index (κ1) is 23.9. The van der Waals surface area contributed by atoms with E-state index < -0.39 is 44.9 Å². The maximum Gasteiger partial charge on any atom is 0.284 e. The van der Waals surface area contributed by atoms with Gasteiger partial charge in [0.2, 0.25) is 11.1 Å². The van der Waals surface area contributed by atoms with E-state index in [-0.39, 0.29) is 4.24 Å². The topological polar surface area (TPSA) is 185 Å². The average molecular weight is 531 g/mol. The molecule has 2 unspecified atom stereocenters. The fourth-order valence-electron chi connectivity index (χ4n) is 3.17. The van der Waals surface area contributed by atoms with E-state index in [1.165, 1.54) is 35.5 Å². The lowest BCUT2D eigenvalue weighted by atomic mass is 10.0. The van der Waals surface area contributed by atoms with Crippen molar-refractivity contribution in [1.29, 1.82) is 0 Å². The molecule has 3 N–H and O–H groups in total. The number of nitrogens with two attached hydrogens (primary N) is 1. The fourth-order valence-corrected chi connectivity index (χ4v) is 7.67. The van der Waals surface area contributed by atoms with Crippen LogP contribution in [0.25, 0.3) is 0 Å². The Bertz CT molecular complexity index is 1080. The highest BCUT2D eigenvalue weighted by Crippen LogP contribution is 2.53. The van der Waals surface area contributed by atoms with Gasteiger partial charge in [-0.15, -0.1) is 16.9 Å². The molecule has 13 nitrogen and oxygen atoms in total. The smallest absolute Gasteiger partial charge is 0.284 e. The summed E-state index contributed by atoms with van der Waals surface area (Å²) in [5, 5.41) is 25.2. The Morgan fingerprint density at radius 2 is 2.15 bits per heavy atom. The zero-order chi connectivity index (χ0) is 23.9. The summed E-state index contributed by atoms with van der Waals surface area (Å²) in [6.45, 7) is 0. The summed E-state index contributed by atoms with van der Waals surface area (Å²) in [6, 6.07) is 0. The zero-order valence-electron chi connectivity index (χ0n) is 17.0. The zero-order valence-corrected chi connectivity index (χ0v) is 20.3. The number of aryl methyl sites for hydroxylation is 1. The second-order valence-electron chi connectivity index (χ2n) is 6.85. The third kappa shape index (κ3) is 4.23. The van der Waals surface area contributed by atoms with Crippen molar-refractivity contribution in [3.63, 3.8) is 0 Å². The second kappa shape index (κ2) is 9.21. The number of rotatable bonds is 8. The van der Waals surface area contributed by atoms with E-state index in [1.54, 1.807) is 17.9 Å². The first-order chi connectivity index (χ1) is 15.7. The van der Waals surface area contributed by atoms with Gasteiger partial charge in [0.15, 0.2) is 0 Å². The van der Waals surface area contributed by atoms with Crippen LogP contribution < -0.4 is 16.2 Å². The van der Waals surface area contributed by atoms with Crippen molar-refractivity contribution in [2.45, 2.75) is 20.8 Å². The van der Waals surface area contributed by atoms with Crippen LogP contribution in [-0.2, 0) is 31.0 Å². The maximum atomic E-state index is 12.9. The number of carboxylic acid groups (broad SMARTS) is 1. The predicted molar refractivity (Wildman–Crippen MR) is 119 cm³/mol. The molecule has 0 saturated carbocycles. The van der Waals surface area contributed by atoms with Gasteiger partial charge in [0.1, 0.15) is 9.96 Å². The number of hydrogen-bond donors (Lipinski definition) is 2. The molecule has 0 aliphatic carbocycles. The van der Waals surface area contributed by atoms with Crippen LogP contribution in [0.1, 0.15) is 0 Å². The van der Waals surface area contributed by atoms with Gasteiger partial charge >= 0.3 is 0 Å². The summed E-state index contributed by atoms with van der Waals surface area (Å²) in [4.78, 5) is 49.4. The molecule has 4 rings (SSSR count). The number of amides is 3. The monoisotopic (exact) mass is 530 g/mol. The van der Waals surface area contributed by atoms with Gasteiger partial charge in [-0.1, -0.05) is 35.3 Å². The minimum Gasteiger partial charge on any atom is -0.545 e. The number of nitrogens with zero attached hydrogens (tertiary/aromatic N) is 5. The maximum absolute atomic E-state index is 12.9. The first-order valence-electron chi connectivity index (χ1n) is 9.13. The number of aromatic nitrogens is 4. The third-order valence-electron chi connectivity index (χ3n) is 4.80. The SMILES string of the molecule is COC1(NC(=O)C2SC(=C(C(N)=O)C(=O)[O-])S2)C(=O)N2C=C(CSc3nnnn3C)CSC21. The van der Waals surface area contributed by atoms with Crippen LogP contribution in [0.3, 0.4) is 0 Å². The number of ether oxygens (including phenoxy) is 1. The number of hydrogen-bond acceptors (Lipinski definition) is 13. The molecule has 17 heteroatoms. The Hall–Kier alpha value is -2.21. The Kier molecular flexibility index (Phi) is 6.68. The molecule has 2 fully saturated rings. The first-order valence-corrected chi connectivity index (χ1v) is 12.9. The number of carbonyl (C=O) groups is 4. The fraction of sp³-hybridized carbons (Fsp3) is 0.438. The average Bonchev–Trinajstić information content (AvgIpc) is 3.16. The highest BCUT2D eigenvalue weighted by Gasteiger charge is 2.64. The van der Waals surface area contributed by atoms with Gasteiger partial charge in [0.25, 0.3) is 17.5 Å². The van der Waals surface area contributed by atoms with E-state index in [0.29, 0.717) is 16.7 Å². The van der Waals surface area contributed by atoms with Crippen molar-refractivity contribution in [1.82, 2.24) is 30.4 Å². The molecule has 0 bridgehead atoms. The number of fused-ring (bicyclic) bond motifs is 1. The number of thioether (sulfide) groups is 4. The summed E-state index contributed by atoms with van der Waals surface area (Å²) >= 11 is 4.61. The molecule has 2 saturated heterocycles. The van der Waals surface area contributed by atoms with E-state index in [2.05, 4.69) is 20.8 Å². The Labute approximate surface area is 203 Å². The molecule has 0 spiro atoms. The van der Waals surface area contributed by atoms with Crippen molar-refractivity contribution in [2.75, 3.05) is 18.6 Å². The summed E-state index contributed by atoms with van der Waals surface area (Å²) in [5.41, 5.74) is 3.84. The van der Waals surface area contributed by atoms with Gasteiger partial charge < -0.3 is 25.7 Å². The second-order valence-corrected chi connectivity index (χ2v) is 11.6. The van der Waals surface area contributed by atoms with E-state index in [4.69, 9.17) is 10.5 Å². The molecular formula is C16H16N7O6S4-.